The number of hydrogen-bond donors (Lipinski definition) is 1. The minimum atomic E-state index is -1.04. The van der Waals surface area contributed by atoms with E-state index in [-0.39, 0.29) is 12.2 Å². The van der Waals surface area contributed by atoms with Gasteiger partial charge in [-0.05, 0) is 25.5 Å². The van der Waals surface area contributed by atoms with Crippen molar-refractivity contribution in [1.29, 1.82) is 0 Å². The van der Waals surface area contributed by atoms with E-state index in [4.69, 9.17) is 4.74 Å². The third-order valence-electron chi connectivity index (χ3n) is 3.82. The lowest BCUT2D eigenvalue weighted by Crippen LogP contribution is -2.10. The van der Waals surface area contributed by atoms with Crippen LogP contribution in [0, 0.1) is 6.92 Å². The second-order valence-electron chi connectivity index (χ2n) is 5.50. The Morgan fingerprint density at radius 2 is 2.12 bits per heavy atom. The number of nitrogens with zero attached hydrogens (tertiary/aromatic N) is 4. The van der Waals surface area contributed by atoms with E-state index >= 15 is 0 Å². The second-order valence-corrected chi connectivity index (χ2v) is 5.50. The highest BCUT2D eigenvalue weighted by atomic mass is 16.5. The van der Waals surface area contributed by atoms with Gasteiger partial charge in [0.25, 0.3) is 0 Å². The van der Waals surface area contributed by atoms with Gasteiger partial charge in [-0.3, -0.25) is 4.98 Å². The molecule has 3 rings (SSSR count). The summed E-state index contributed by atoms with van der Waals surface area (Å²) in [5.74, 6) is -1.04. The summed E-state index contributed by atoms with van der Waals surface area (Å²) in [4.78, 5) is 20.7. The van der Waals surface area contributed by atoms with E-state index in [1.165, 1.54) is 7.11 Å². The van der Waals surface area contributed by atoms with Gasteiger partial charge in [0.1, 0.15) is 0 Å². The lowest BCUT2D eigenvalue weighted by molar-refractivity contribution is 0.0692. The average molecular weight is 326 g/mol. The standard InChI is InChI=1S/C17H18N4O3/c1-4-21-16-12(8-19-21)14(11-5-10(2)6-18-7-11)15(17(22)23)13(20-16)9-24-3/h5-8H,4,9H2,1-3H3,(H,22,23). The molecular weight excluding hydrogens is 308 g/mol. The molecule has 0 saturated carbocycles. The summed E-state index contributed by atoms with van der Waals surface area (Å²) in [7, 11) is 1.52. The molecule has 0 fully saturated rings. The molecule has 0 aliphatic carbocycles. The zero-order valence-electron chi connectivity index (χ0n) is 13.8. The van der Waals surface area contributed by atoms with Gasteiger partial charge < -0.3 is 9.84 Å². The number of aromatic nitrogens is 4. The summed E-state index contributed by atoms with van der Waals surface area (Å²) in [6.45, 7) is 4.63. The highest BCUT2D eigenvalue weighted by Crippen LogP contribution is 2.33. The van der Waals surface area contributed by atoms with Gasteiger partial charge in [-0.2, -0.15) is 5.10 Å². The molecule has 0 radical (unpaired) electrons. The number of rotatable bonds is 5. The maximum atomic E-state index is 12.0. The van der Waals surface area contributed by atoms with Crippen molar-refractivity contribution in [3.8, 4) is 11.1 Å². The second kappa shape index (κ2) is 6.37. The first kappa shape index (κ1) is 16.1. The van der Waals surface area contributed by atoms with E-state index in [1.807, 2.05) is 19.9 Å². The van der Waals surface area contributed by atoms with Crippen LogP contribution in [0.2, 0.25) is 0 Å². The first-order valence-corrected chi connectivity index (χ1v) is 7.59. The number of carbonyl (C=O) groups is 1. The van der Waals surface area contributed by atoms with Crippen molar-refractivity contribution in [1.82, 2.24) is 19.7 Å². The summed E-state index contributed by atoms with van der Waals surface area (Å²) in [6, 6.07) is 1.91. The summed E-state index contributed by atoms with van der Waals surface area (Å²) in [6.07, 6.45) is 5.05. The van der Waals surface area contributed by atoms with Crippen molar-refractivity contribution in [2.45, 2.75) is 27.0 Å². The fraction of sp³-hybridized carbons (Fsp3) is 0.294. The van der Waals surface area contributed by atoms with E-state index in [1.54, 1.807) is 23.3 Å². The van der Waals surface area contributed by atoms with Crippen LogP contribution in [0.15, 0.2) is 24.7 Å². The molecule has 3 aromatic rings. The molecule has 3 aromatic heterocycles. The van der Waals surface area contributed by atoms with Crippen molar-refractivity contribution in [3.05, 3.63) is 41.5 Å². The monoisotopic (exact) mass is 326 g/mol. The Balaban J connectivity index is 2.44. The van der Waals surface area contributed by atoms with Gasteiger partial charge in [0.15, 0.2) is 5.65 Å². The third-order valence-corrected chi connectivity index (χ3v) is 3.82. The van der Waals surface area contributed by atoms with E-state index in [0.717, 1.165) is 11.1 Å². The number of fused-ring (bicyclic) bond motifs is 1. The molecule has 24 heavy (non-hydrogen) atoms. The fourth-order valence-electron chi connectivity index (χ4n) is 2.83. The topological polar surface area (TPSA) is 90.1 Å². The van der Waals surface area contributed by atoms with Gasteiger partial charge in [-0.15, -0.1) is 0 Å². The van der Waals surface area contributed by atoms with E-state index in [2.05, 4.69) is 15.1 Å². The number of methoxy groups -OCH3 is 1. The molecule has 0 unspecified atom stereocenters. The van der Waals surface area contributed by atoms with Crippen molar-refractivity contribution in [2.75, 3.05) is 7.11 Å². The number of carboxylic acids is 1. The van der Waals surface area contributed by atoms with Crippen LogP contribution in [0.5, 0.6) is 0 Å². The Morgan fingerprint density at radius 1 is 1.33 bits per heavy atom. The number of hydrogen-bond acceptors (Lipinski definition) is 5. The molecule has 0 amide bonds. The molecule has 0 spiro atoms. The molecule has 3 heterocycles. The van der Waals surface area contributed by atoms with Crippen molar-refractivity contribution in [3.63, 3.8) is 0 Å². The van der Waals surface area contributed by atoms with Crippen LogP contribution in [-0.4, -0.2) is 37.9 Å². The molecule has 124 valence electrons. The Kier molecular flexibility index (Phi) is 4.26. The highest BCUT2D eigenvalue weighted by molar-refractivity contribution is 6.06. The van der Waals surface area contributed by atoms with E-state index in [0.29, 0.717) is 28.8 Å². The predicted octanol–water partition coefficient (Wildman–Crippen LogP) is 2.67. The predicted molar refractivity (Wildman–Crippen MR) is 88.8 cm³/mol. The smallest absolute Gasteiger partial charge is 0.338 e. The molecule has 0 aliphatic heterocycles. The van der Waals surface area contributed by atoms with Gasteiger partial charge in [0.2, 0.25) is 0 Å². The minimum Gasteiger partial charge on any atom is -0.478 e. The van der Waals surface area contributed by atoms with Gasteiger partial charge in [0.05, 0.1) is 24.1 Å². The Hall–Kier alpha value is -2.80. The summed E-state index contributed by atoms with van der Waals surface area (Å²) >= 11 is 0. The van der Waals surface area contributed by atoms with E-state index < -0.39 is 5.97 Å². The maximum Gasteiger partial charge on any atom is 0.338 e. The average Bonchev–Trinajstić information content (AvgIpc) is 2.96. The number of ether oxygens (including phenoxy) is 1. The van der Waals surface area contributed by atoms with Crippen LogP contribution in [0.4, 0.5) is 0 Å². The molecule has 0 bridgehead atoms. The van der Waals surface area contributed by atoms with Crippen LogP contribution < -0.4 is 0 Å². The zero-order chi connectivity index (χ0) is 17.3. The molecular formula is C17H18N4O3. The Bertz CT molecular complexity index is 918. The minimum absolute atomic E-state index is 0.110. The summed E-state index contributed by atoms with van der Waals surface area (Å²) in [5.41, 5.74) is 3.41. The van der Waals surface area contributed by atoms with Gasteiger partial charge in [0, 0.05) is 42.6 Å². The summed E-state index contributed by atoms with van der Waals surface area (Å²) in [5, 5.41) is 14.8. The quantitative estimate of drug-likeness (QED) is 0.775. The molecule has 7 heteroatoms. The lowest BCUT2D eigenvalue weighted by atomic mass is 9.96. The first-order chi connectivity index (χ1) is 11.6. The highest BCUT2D eigenvalue weighted by Gasteiger charge is 2.24. The zero-order valence-corrected chi connectivity index (χ0v) is 13.8. The lowest BCUT2D eigenvalue weighted by Gasteiger charge is -2.13. The van der Waals surface area contributed by atoms with Crippen molar-refractivity contribution < 1.29 is 14.6 Å². The number of aromatic carboxylic acids is 1. The van der Waals surface area contributed by atoms with Crippen LogP contribution in [0.1, 0.15) is 28.5 Å². The van der Waals surface area contributed by atoms with Gasteiger partial charge in [-0.25, -0.2) is 14.5 Å². The molecule has 0 aromatic carbocycles. The van der Waals surface area contributed by atoms with Crippen LogP contribution in [0.3, 0.4) is 0 Å². The SMILES string of the molecule is CCn1ncc2c(-c3cncc(C)c3)c(C(=O)O)c(COC)nc21. The number of aryl methyl sites for hydroxylation is 2. The van der Waals surface area contributed by atoms with Gasteiger partial charge >= 0.3 is 5.97 Å². The molecule has 0 atom stereocenters. The van der Waals surface area contributed by atoms with E-state index in [9.17, 15) is 9.90 Å². The van der Waals surface area contributed by atoms with Crippen LogP contribution in [0.25, 0.3) is 22.2 Å². The summed E-state index contributed by atoms with van der Waals surface area (Å²) < 4.78 is 6.90. The van der Waals surface area contributed by atoms with Crippen molar-refractivity contribution in [2.24, 2.45) is 0 Å². The Morgan fingerprint density at radius 3 is 2.75 bits per heavy atom. The molecule has 0 saturated heterocycles. The number of pyridine rings is 2. The normalized spacial score (nSPS) is 11.1. The maximum absolute atomic E-state index is 12.0. The molecule has 7 nitrogen and oxygen atoms in total. The number of carboxylic acid groups (broad SMARTS) is 1. The Labute approximate surface area is 138 Å². The third kappa shape index (κ3) is 2.63. The van der Waals surface area contributed by atoms with Crippen molar-refractivity contribution >= 4 is 17.0 Å². The van der Waals surface area contributed by atoms with Crippen LogP contribution in [-0.2, 0) is 17.9 Å². The molecule has 0 aliphatic rings. The largest absolute Gasteiger partial charge is 0.478 e. The first-order valence-electron chi connectivity index (χ1n) is 7.59. The molecule has 1 N–H and O–H groups in total. The fourth-order valence-corrected chi connectivity index (χ4v) is 2.83. The van der Waals surface area contributed by atoms with Crippen LogP contribution >= 0.6 is 0 Å². The van der Waals surface area contributed by atoms with Gasteiger partial charge in [-0.1, -0.05) is 0 Å².